The zero-order valence-electron chi connectivity index (χ0n) is 14.3. The smallest absolute Gasteiger partial charge is 0.243 e. The Morgan fingerprint density at radius 2 is 1.96 bits per heavy atom. The molecular weight excluding hydrogens is 345 g/mol. The molecule has 2 aliphatic heterocycles. The van der Waals surface area contributed by atoms with E-state index in [-0.39, 0.29) is 29.3 Å². The molecule has 0 radical (unpaired) electrons. The Balaban J connectivity index is 1.74. The van der Waals surface area contributed by atoms with Crippen molar-refractivity contribution in [3.05, 3.63) is 30.1 Å². The summed E-state index contributed by atoms with van der Waals surface area (Å²) in [5.74, 6) is -0.754. The third-order valence-corrected chi connectivity index (χ3v) is 6.85. The summed E-state index contributed by atoms with van der Waals surface area (Å²) in [5, 5.41) is 3.25. The van der Waals surface area contributed by atoms with Crippen molar-refractivity contribution in [2.24, 2.45) is 5.92 Å². The first-order valence-corrected chi connectivity index (χ1v) is 10.1. The Bertz CT molecular complexity index is 723. The number of piperazine rings is 1. The number of hydrogen-bond acceptors (Lipinski definition) is 4. The van der Waals surface area contributed by atoms with Gasteiger partial charge in [-0.1, -0.05) is 0 Å². The molecule has 138 valence electrons. The van der Waals surface area contributed by atoms with Crippen molar-refractivity contribution >= 4 is 15.9 Å². The van der Waals surface area contributed by atoms with E-state index in [2.05, 4.69) is 5.32 Å². The fourth-order valence-corrected chi connectivity index (χ4v) is 5.04. The fourth-order valence-electron chi connectivity index (χ4n) is 3.52. The maximum absolute atomic E-state index is 13.1. The maximum Gasteiger partial charge on any atom is 0.243 e. The second kappa shape index (κ2) is 7.39. The first-order chi connectivity index (χ1) is 11.9. The van der Waals surface area contributed by atoms with Crippen LogP contribution in [0, 0.1) is 11.7 Å². The Kier molecular flexibility index (Phi) is 5.41. The molecule has 0 spiro atoms. The van der Waals surface area contributed by atoms with Crippen molar-refractivity contribution < 1.29 is 17.6 Å². The van der Waals surface area contributed by atoms with E-state index in [9.17, 15) is 17.6 Å². The standard InChI is InChI=1S/C17H24FN3O3S/c1-13-11-19-8-10-21(13)17(22)14-3-2-9-20(12-14)25(23,24)16-6-4-15(18)5-7-16/h4-7,13-14,19H,2-3,8-12H2,1H3/t13-,14?/m1/s1. The summed E-state index contributed by atoms with van der Waals surface area (Å²) >= 11 is 0. The number of benzene rings is 1. The number of sulfonamides is 1. The molecule has 2 aliphatic rings. The molecule has 25 heavy (non-hydrogen) atoms. The maximum atomic E-state index is 13.1. The molecule has 1 aromatic carbocycles. The van der Waals surface area contributed by atoms with Gasteiger partial charge in [0.2, 0.25) is 15.9 Å². The van der Waals surface area contributed by atoms with Gasteiger partial charge >= 0.3 is 0 Å². The third kappa shape index (κ3) is 3.86. The second-order valence-corrected chi connectivity index (χ2v) is 8.68. The molecule has 1 N–H and O–H groups in total. The number of nitrogens with one attached hydrogen (secondary N) is 1. The first kappa shape index (κ1) is 18.3. The minimum atomic E-state index is -3.71. The number of halogens is 1. The largest absolute Gasteiger partial charge is 0.337 e. The van der Waals surface area contributed by atoms with Crippen molar-refractivity contribution in [3.63, 3.8) is 0 Å². The van der Waals surface area contributed by atoms with E-state index in [0.717, 1.165) is 25.2 Å². The lowest BCUT2D eigenvalue weighted by Crippen LogP contribution is -2.55. The van der Waals surface area contributed by atoms with Gasteiger partial charge in [-0.2, -0.15) is 4.31 Å². The second-order valence-electron chi connectivity index (χ2n) is 6.74. The molecule has 0 bridgehead atoms. The lowest BCUT2D eigenvalue weighted by molar-refractivity contribution is -0.139. The highest BCUT2D eigenvalue weighted by atomic mass is 32.2. The van der Waals surface area contributed by atoms with Crippen LogP contribution in [0.5, 0.6) is 0 Å². The SMILES string of the molecule is C[C@@H]1CNCCN1C(=O)C1CCCN(S(=O)(=O)c2ccc(F)cc2)C1. The van der Waals surface area contributed by atoms with Crippen LogP contribution in [0.15, 0.2) is 29.2 Å². The molecular formula is C17H24FN3O3S. The van der Waals surface area contributed by atoms with Gasteiger partial charge in [-0.25, -0.2) is 12.8 Å². The molecule has 0 aromatic heterocycles. The molecule has 2 fully saturated rings. The summed E-state index contributed by atoms with van der Waals surface area (Å²) < 4.78 is 40.0. The zero-order chi connectivity index (χ0) is 18.0. The van der Waals surface area contributed by atoms with Crippen molar-refractivity contribution in [2.45, 2.75) is 30.7 Å². The normalized spacial score (nSPS) is 25.8. The molecule has 0 aliphatic carbocycles. The van der Waals surface area contributed by atoms with Crippen molar-refractivity contribution in [3.8, 4) is 0 Å². The van der Waals surface area contributed by atoms with E-state index in [1.165, 1.54) is 16.4 Å². The van der Waals surface area contributed by atoms with Crippen LogP contribution in [-0.4, -0.2) is 62.3 Å². The van der Waals surface area contributed by atoms with Gasteiger partial charge in [0.05, 0.1) is 10.8 Å². The molecule has 8 heteroatoms. The average Bonchev–Trinajstić information content (AvgIpc) is 2.62. The summed E-state index contributed by atoms with van der Waals surface area (Å²) in [6.45, 7) is 4.76. The van der Waals surface area contributed by atoms with E-state index in [1.807, 2.05) is 11.8 Å². The molecule has 1 amide bonds. The predicted molar refractivity (Wildman–Crippen MR) is 91.9 cm³/mol. The minimum Gasteiger partial charge on any atom is -0.337 e. The van der Waals surface area contributed by atoms with Crippen LogP contribution in [0.3, 0.4) is 0 Å². The molecule has 6 nitrogen and oxygen atoms in total. The van der Waals surface area contributed by atoms with Crippen LogP contribution in [0.25, 0.3) is 0 Å². The number of amides is 1. The van der Waals surface area contributed by atoms with Crippen molar-refractivity contribution in [1.82, 2.24) is 14.5 Å². The Hall–Kier alpha value is -1.51. The van der Waals surface area contributed by atoms with E-state index in [0.29, 0.717) is 25.9 Å². The number of nitrogens with zero attached hydrogens (tertiary/aromatic N) is 2. The van der Waals surface area contributed by atoms with Crippen LogP contribution in [0.4, 0.5) is 4.39 Å². The van der Waals surface area contributed by atoms with Crippen LogP contribution < -0.4 is 5.32 Å². The highest BCUT2D eigenvalue weighted by Crippen LogP contribution is 2.26. The summed E-state index contributed by atoms with van der Waals surface area (Å²) in [4.78, 5) is 14.8. The summed E-state index contributed by atoms with van der Waals surface area (Å²) in [5.41, 5.74) is 0. The first-order valence-electron chi connectivity index (χ1n) is 8.66. The van der Waals surface area contributed by atoms with E-state index >= 15 is 0 Å². The molecule has 0 saturated carbocycles. The quantitative estimate of drug-likeness (QED) is 0.865. The Labute approximate surface area is 148 Å². The minimum absolute atomic E-state index is 0.0352. The van der Waals surface area contributed by atoms with Gasteiger partial charge in [0.25, 0.3) is 0 Å². The Morgan fingerprint density at radius 3 is 2.64 bits per heavy atom. The van der Waals surface area contributed by atoms with Gasteiger partial charge in [0, 0.05) is 38.8 Å². The van der Waals surface area contributed by atoms with Crippen molar-refractivity contribution in [1.29, 1.82) is 0 Å². The molecule has 1 unspecified atom stereocenters. The summed E-state index contributed by atoms with van der Waals surface area (Å²) in [6, 6.07) is 4.94. The van der Waals surface area contributed by atoms with Crippen LogP contribution in [0.2, 0.25) is 0 Å². The number of carbonyl (C=O) groups excluding carboxylic acids is 1. The highest BCUT2D eigenvalue weighted by molar-refractivity contribution is 7.89. The fraction of sp³-hybridized carbons (Fsp3) is 0.588. The zero-order valence-corrected chi connectivity index (χ0v) is 15.1. The number of carbonyl (C=O) groups is 1. The highest BCUT2D eigenvalue weighted by Gasteiger charge is 2.36. The molecule has 2 saturated heterocycles. The lowest BCUT2D eigenvalue weighted by atomic mass is 9.97. The van der Waals surface area contributed by atoms with Crippen molar-refractivity contribution in [2.75, 3.05) is 32.7 Å². The topological polar surface area (TPSA) is 69.7 Å². The van der Waals surface area contributed by atoms with E-state index < -0.39 is 15.8 Å². The van der Waals surface area contributed by atoms with Gasteiger partial charge < -0.3 is 10.2 Å². The predicted octanol–water partition coefficient (Wildman–Crippen LogP) is 1.05. The summed E-state index contributed by atoms with van der Waals surface area (Å²) in [7, 11) is -3.71. The van der Waals surface area contributed by atoms with Gasteiger partial charge in [0.1, 0.15) is 5.82 Å². The molecule has 2 heterocycles. The Morgan fingerprint density at radius 1 is 1.24 bits per heavy atom. The van der Waals surface area contributed by atoms with Crippen LogP contribution in [-0.2, 0) is 14.8 Å². The van der Waals surface area contributed by atoms with Crippen LogP contribution >= 0.6 is 0 Å². The van der Waals surface area contributed by atoms with Gasteiger partial charge in [-0.3, -0.25) is 4.79 Å². The van der Waals surface area contributed by atoms with E-state index in [4.69, 9.17) is 0 Å². The van der Waals surface area contributed by atoms with E-state index in [1.54, 1.807) is 0 Å². The monoisotopic (exact) mass is 369 g/mol. The molecule has 1 aromatic rings. The molecule has 3 rings (SSSR count). The van der Waals surface area contributed by atoms with Gasteiger partial charge in [0.15, 0.2) is 0 Å². The summed E-state index contributed by atoms with van der Waals surface area (Å²) in [6.07, 6.45) is 1.35. The van der Waals surface area contributed by atoms with Crippen LogP contribution in [0.1, 0.15) is 19.8 Å². The number of hydrogen-bond donors (Lipinski definition) is 1. The lowest BCUT2D eigenvalue weighted by Gasteiger charge is -2.39. The third-order valence-electron chi connectivity index (χ3n) is 4.97. The van der Waals surface area contributed by atoms with Gasteiger partial charge in [-0.05, 0) is 44.0 Å². The number of piperidine rings is 1. The van der Waals surface area contributed by atoms with Gasteiger partial charge in [-0.15, -0.1) is 0 Å². The molecule has 2 atom stereocenters. The average molecular weight is 369 g/mol. The number of rotatable bonds is 3.